The molecule has 3 amide bonds. The summed E-state index contributed by atoms with van der Waals surface area (Å²) < 4.78 is 6.78. The second-order valence-electron chi connectivity index (χ2n) is 8.44. The number of rotatable bonds is 7. The average molecular weight is 608 g/mol. The van der Waals surface area contributed by atoms with Gasteiger partial charge in [-0.2, -0.15) is 0 Å². The van der Waals surface area contributed by atoms with Crippen molar-refractivity contribution in [1.29, 1.82) is 0 Å². The van der Waals surface area contributed by atoms with Gasteiger partial charge in [0.25, 0.3) is 11.1 Å². The highest BCUT2D eigenvalue weighted by Crippen LogP contribution is 2.35. The van der Waals surface area contributed by atoms with Crippen LogP contribution in [0.25, 0.3) is 16.8 Å². The fourth-order valence-electron chi connectivity index (χ4n) is 3.95. The van der Waals surface area contributed by atoms with Gasteiger partial charge in [-0.25, -0.2) is 0 Å². The molecule has 1 aliphatic rings. The summed E-state index contributed by atoms with van der Waals surface area (Å²) >= 11 is 10.2. The van der Waals surface area contributed by atoms with Crippen molar-refractivity contribution in [2.24, 2.45) is 0 Å². The van der Waals surface area contributed by atoms with Gasteiger partial charge < -0.3 is 10.1 Å². The van der Waals surface area contributed by atoms with Gasteiger partial charge in [-0.15, -0.1) is 0 Å². The third kappa shape index (κ3) is 5.93. The molecule has 1 saturated heterocycles. The van der Waals surface area contributed by atoms with Crippen molar-refractivity contribution in [2.75, 3.05) is 11.9 Å². The van der Waals surface area contributed by atoms with Crippen molar-refractivity contribution in [3.63, 3.8) is 0 Å². The van der Waals surface area contributed by atoms with Crippen LogP contribution in [0.4, 0.5) is 10.5 Å². The molecule has 9 heteroatoms. The van der Waals surface area contributed by atoms with Gasteiger partial charge in [0.15, 0.2) is 0 Å². The number of fused-ring (bicyclic) bond motifs is 1. The number of thioether (sulfide) groups is 1. The zero-order chi connectivity index (χ0) is 26.6. The third-order valence-corrected chi connectivity index (χ3v) is 7.46. The number of carbonyl (C=O) groups excluding carboxylic acids is 3. The molecule has 4 aromatic rings. The minimum Gasteiger partial charge on any atom is -0.488 e. The number of nitrogens with one attached hydrogen (secondary N) is 1. The lowest BCUT2D eigenvalue weighted by Gasteiger charge is -2.14. The van der Waals surface area contributed by atoms with Gasteiger partial charge in [0.05, 0.1) is 4.91 Å². The first kappa shape index (κ1) is 26.0. The minimum absolute atomic E-state index is 0.211. The molecule has 1 N–H and O–H groups in total. The van der Waals surface area contributed by atoms with Crippen LogP contribution in [0.5, 0.6) is 5.75 Å². The molecular formula is C29H20BrClN2O4S. The van der Waals surface area contributed by atoms with E-state index < -0.39 is 17.1 Å². The van der Waals surface area contributed by atoms with Gasteiger partial charge in [-0.05, 0) is 65.2 Å². The van der Waals surface area contributed by atoms with Crippen LogP contribution in [0.1, 0.15) is 11.1 Å². The maximum absolute atomic E-state index is 13.1. The summed E-state index contributed by atoms with van der Waals surface area (Å²) in [5.74, 6) is -0.445. The van der Waals surface area contributed by atoms with E-state index in [9.17, 15) is 14.4 Å². The molecule has 0 atom stereocenters. The lowest BCUT2D eigenvalue weighted by Crippen LogP contribution is -2.36. The Balaban J connectivity index is 1.30. The number of anilines is 1. The lowest BCUT2D eigenvalue weighted by atomic mass is 10.1. The van der Waals surface area contributed by atoms with E-state index in [2.05, 4.69) is 21.2 Å². The van der Waals surface area contributed by atoms with Gasteiger partial charge >= 0.3 is 0 Å². The number of benzene rings is 4. The Bertz CT molecular complexity index is 1580. The van der Waals surface area contributed by atoms with Crippen molar-refractivity contribution >= 4 is 78.9 Å². The molecule has 0 aromatic heterocycles. The van der Waals surface area contributed by atoms with E-state index in [4.69, 9.17) is 16.3 Å². The Labute approximate surface area is 236 Å². The Morgan fingerprint density at radius 1 is 1.00 bits per heavy atom. The van der Waals surface area contributed by atoms with Gasteiger partial charge in [-0.1, -0.05) is 76.1 Å². The van der Waals surface area contributed by atoms with E-state index in [1.807, 2.05) is 54.6 Å². The normalized spacial score (nSPS) is 14.4. The number of hydrogen-bond acceptors (Lipinski definition) is 5. The fourth-order valence-corrected chi connectivity index (χ4v) is 5.28. The first-order valence-electron chi connectivity index (χ1n) is 11.6. The van der Waals surface area contributed by atoms with E-state index in [1.54, 1.807) is 36.4 Å². The maximum Gasteiger partial charge on any atom is 0.294 e. The van der Waals surface area contributed by atoms with Crippen molar-refractivity contribution in [2.45, 2.75) is 6.61 Å². The molecule has 0 saturated carbocycles. The van der Waals surface area contributed by atoms with Crippen molar-refractivity contribution < 1.29 is 19.1 Å². The molecular weight excluding hydrogens is 588 g/mol. The van der Waals surface area contributed by atoms with E-state index in [0.29, 0.717) is 28.6 Å². The molecule has 1 fully saturated rings. The number of amides is 3. The van der Waals surface area contributed by atoms with E-state index in [0.717, 1.165) is 37.5 Å². The minimum atomic E-state index is -0.531. The number of nitrogens with zero attached hydrogens (tertiary/aromatic N) is 1. The molecule has 1 heterocycles. The second-order valence-corrected chi connectivity index (χ2v) is 10.8. The topological polar surface area (TPSA) is 75.7 Å². The number of ether oxygens (including phenoxy) is 1. The molecule has 38 heavy (non-hydrogen) atoms. The van der Waals surface area contributed by atoms with Crippen molar-refractivity contribution in [3.05, 3.63) is 110 Å². The maximum atomic E-state index is 13.1. The Morgan fingerprint density at radius 3 is 2.58 bits per heavy atom. The van der Waals surface area contributed by atoms with Crippen LogP contribution in [-0.4, -0.2) is 28.5 Å². The van der Waals surface area contributed by atoms with Gasteiger partial charge in [0.1, 0.15) is 18.9 Å². The van der Waals surface area contributed by atoms with Crippen LogP contribution in [0.2, 0.25) is 5.02 Å². The van der Waals surface area contributed by atoms with Crippen LogP contribution in [-0.2, 0) is 16.2 Å². The van der Waals surface area contributed by atoms with E-state index in [-0.39, 0.29) is 11.4 Å². The lowest BCUT2D eigenvalue weighted by molar-refractivity contribution is -0.127. The van der Waals surface area contributed by atoms with Crippen LogP contribution < -0.4 is 10.1 Å². The van der Waals surface area contributed by atoms with Gasteiger partial charge in [-0.3, -0.25) is 19.3 Å². The Kier molecular flexibility index (Phi) is 7.83. The molecule has 0 bridgehead atoms. The molecule has 1 aliphatic heterocycles. The highest BCUT2D eigenvalue weighted by Gasteiger charge is 2.36. The largest absolute Gasteiger partial charge is 0.488 e. The first-order chi connectivity index (χ1) is 18.4. The highest BCUT2D eigenvalue weighted by atomic mass is 79.9. The van der Waals surface area contributed by atoms with Gasteiger partial charge in [0.2, 0.25) is 5.91 Å². The summed E-state index contributed by atoms with van der Waals surface area (Å²) in [4.78, 5) is 39.7. The van der Waals surface area contributed by atoms with E-state index >= 15 is 0 Å². The van der Waals surface area contributed by atoms with Crippen LogP contribution in [0.3, 0.4) is 0 Å². The summed E-state index contributed by atoms with van der Waals surface area (Å²) in [5.41, 5.74) is 2.17. The summed E-state index contributed by atoms with van der Waals surface area (Å²) in [6.45, 7) is -0.0842. The van der Waals surface area contributed by atoms with Crippen LogP contribution >= 0.6 is 39.3 Å². The van der Waals surface area contributed by atoms with Gasteiger partial charge in [0, 0.05) is 26.1 Å². The first-order valence-corrected chi connectivity index (χ1v) is 13.6. The Morgan fingerprint density at radius 2 is 1.76 bits per heavy atom. The average Bonchev–Trinajstić information content (AvgIpc) is 3.16. The van der Waals surface area contributed by atoms with Crippen molar-refractivity contribution in [3.8, 4) is 5.75 Å². The summed E-state index contributed by atoms with van der Waals surface area (Å²) in [6.07, 6.45) is 1.61. The van der Waals surface area contributed by atoms with Crippen molar-refractivity contribution in [1.82, 2.24) is 4.90 Å². The summed E-state index contributed by atoms with van der Waals surface area (Å²) in [5, 5.41) is 4.80. The highest BCUT2D eigenvalue weighted by molar-refractivity contribution is 9.10. The predicted molar refractivity (Wildman–Crippen MR) is 155 cm³/mol. The second kappa shape index (κ2) is 11.4. The van der Waals surface area contributed by atoms with Crippen LogP contribution in [0.15, 0.2) is 94.3 Å². The fraction of sp³-hybridized carbons (Fsp3) is 0.0690. The predicted octanol–water partition coefficient (Wildman–Crippen LogP) is 7.51. The smallest absolute Gasteiger partial charge is 0.294 e. The van der Waals surface area contributed by atoms with Crippen LogP contribution in [0, 0.1) is 0 Å². The number of carbonyl (C=O) groups is 3. The zero-order valence-corrected chi connectivity index (χ0v) is 23.0. The zero-order valence-electron chi connectivity index (χ0n) is 19.8. The summed E-state index contributed by atoms with van der Waals surface area (Å²) in [7, 11) is 0. The quantitative estimate of drug-likeness (QED) is 0.220. The standard InChI is InChI=1S/C29H20BrClN2O4S/c30-21-10-13-25(37-17-18-8-11-22(31)12-9-18)20(14-21)15-26-28(35)33(29(36)38-26)16-27(34)32-24-7-3-5-19-4-1-2-6-23(19)24/h1-15H,16-17H2,(H,32,34)/b26-15+. The third-order valence-electron chi connectivity index (χ3n) is 5.81. The molecule has 0 radical (unpaired) electrons. The molecule has 190 valence electrons. The number of imide groups is 1. The SMILES string of the molecule is O=C(CN1C(=O)S/C(=C/c2cc(Br)ccc2OCc2ccc(Cl)cc2)C1=O)Nc1cccc2ccccc12. The number of hydrogen-bond donors (Lipinski definition) is 1. The number of halogens is 2. The Hall–Kier alpha value is -3.59. The van der Waals surface area contributed by atoms with E-state index in [1.165, 1.54) is 0 Å². The molecule has 0 unspecified atom stereocenters. The monoisotopic (exact) mass is 606 g/mol. The molecule has 6 nitrogen and oxygen atoms in total. The summed E-state index contributed by atoms with van der Waals surface area (Å²) in [6, 6.07) is 26.0. The molecule has 4 aromatic carbocycles. The molecule has 5 rings (SSSR count). The molecule has 0 spiro atoms. The molecule has 0 aliphatic carbocycles.